The molecule has 116 valence electrons. The van der Waals surface area contributed by atoms with Crippen LogP contribution in [0, 0.1) is 5.92 Å². The number of carboxylic acids is 1. The van der Waals surface area contributed by atoms with Gasteiger partial charge in [-0.2, -0.15) is 0 Å². The van der Waals surface area contributed by atoms with E-state index in [2.05, 4.69) is 10.2 Å². The lowest BCUT2D eigenvalue weighted by Gasteiger charge is -2.33. The lowest BCUT2D eigenvalue weighted by Crippen LogP contribution is -2.45. The Morgan fingerprint density at radius 3 is 2.25 bits per heavy atom. The SMILES string of the molecule is CNC(=O)CN(CC(C)C(=O)O)C1CCCCCCC1. The van der Waals surface area contributed by atoms with Gasteiger partial charge >= 0.3 is 5.97 Å². The Morgan fingerprint density at radius 1 is 1.20 bits per heavy atom. The van der Waals surface area contributed by atoms with Crippen LogP contribution in [0.15, 0.2) is 0 Å². The Labute approximate surface area is 121 Å². The number of carbonyl (C=O) groups excluding carboxylic acids is 1. The first-order valence-electron chi connectivity index (χ1n) is 7.72. The highest BCUT2D eigenvalue weighted by molar-refractivity contribution is 5.77. The van der Waals surface area contributed by atoms with E-state index in [1.54, 1.807) is 14.0 Å². The summed E-state index contributed by atoms with van der Waals surface area (Å²) < 4.78 is 0. The average Bonchev–Trinajstić information content (AvgIpc) is 2.37. The van der Waals surface area contributed by atoms with Gasteiger partial charge in [-0.05, 0) is 12.8 Å². The topological polar surface area (TPSA) is 69.6 Å². The Hall–Kier alpha value is -1.10. The van der Waals surface area contributed by atoms with Crippen LogP contribution in [0.3, 0.4) is 0 Å². The highest BCUT2D eigenvalue weighted by Gasteiger charge is 2.25. The van der Waals surface area contributed by atoms with Crippen molar-refractivity contribution < 1.29 is 14.7 Å². The molecule has 1 unspecified atom stereocenters. The van der Waals surface area contributed by atoms with Crippen LogP contribution in [0.5, 0.6) is 0 Å². The summed E-state index contributed by atoms with van der Waals surface area (Å²) in [7, 11) is 1.62. The maximum Gasteiger partial charge on any atom is 0.307 e. The number of nitrogens with zero attached hydrogens (tertiary/aromatic N) is 1. The summed E-state index contributed by atoms with van der Waals surface area (Å²) in [5.74, 6) is -1.27. The molecule has 0 bridgehead atoms. The van der Waals surface area contributed by atoms with Gasteiger partial charge in [-0.1, -0.05) is 39.0 Å². The highest BCUT2D eigenvalue weighted by atomic mass is 16.4. The van der Waals surface area contributed by atoms with Gasteiger partial charge in [-0.3, -0.25) is 14.5 Å². The van der Waals surface area contributed by atoms with Crippen LogP contribution >= 0.6 is 0 Å². The van der Waals surface area contributed by atoms with Crippen molar-refractivity contribution in [1.29, 1.82) is 0 Å². The van der Waals surface area contributed by atoms with E-state index >= 15 is 0 Å². The molecule has 0 aromatic carbocycles. The molecule has 0 aromatic rings. The summed E-state index contributed by atoms with van der Waals surface area (Å²) in [6.07, 6.45) is 8.30. The quantitative estimate of drug-likeness (QED) is 0.781. The summed E-state index contributed by atoms with van der Waals surface area (Å²) in [5.41, 5.74) is 0. The number of aliphatic carboxylic acids is 1. The van der Waals surface area contributed by atoms with Crippen molar-refractivity contribution >= 4 is 11.9 Å². The molecule has 1 aliphatic rings. The molecule has 1 atom stereocenters. The van der Waals surface area contributed by atoms with E-state index in [1.165, 1.54) is 32.1 Å². The van der Waals surface area contributed by atoms with Crippen LogP contribution in [0.2, 0.25) is 0 Å². The number of hydrogen-bond acceptors (Lipinski definition) is 3. The third-order valence-corrected chi connectivity index (χ3v) is 4.15. The Kier molecular flexibility index (Phi) is 7.59. The Morgan fingerprint density at radius 2 is 1.75 bits per heavy atom. The molecule has 0 heterocycles. The second kappa shape index (κ2) is 8.95. The Balaban J connectivity index is 2.67. The minimum absolute atomic E-state index is 0.0374. The standard InChI is InChI=1S/C15H28N2O3/c1-12(15(19)20)10-17(11-14(18)16-2)13-8-6-4-3-5-7-9-13/h12-13H,3-11H2,1-2H3,(H,16,18)(H,19,20). The van der Waals surface area contributed by atoms with E-state index in [4.69, 9.17) is 5.11 Å². The zero-order valence-corrected chi connectivity index (χ0v) is 12.7. The molecule has 1 fully saturated rings. The molecule has 0 aliphatic heterocycles. The van der Waals surface area contributed by atoms with Crippen LogP contribution in [0.25, 0.3) is 0 Å². The van der Waals surface area contributed by atoms with Crippen molar-refractivity contribution in [3.63, 3.8) is 0 Å². The Bertz CT molecular complexity index is 312. The van der Waals surface area contributed by atoms with E-state index in [1.807, 2.05) is 0 Å². The van der Waals surface area contributed by atoms with Gasteiger partial charge in [0.05, 0.1) is 12.5 Å². The van der Waals surface area contributed by atoms with E-state index in [9.17, 15) is 9.59 Å². The normalized spacial score (nSPS) is 19.1. The lowest BCUT2D eigenvalue weighted by atomic mass is 9.95. The number of hydrogen-bond donors (Lipinski definition) is 2. The van der Waals surface area contributed by atoms with Crippen molar-refractivity contribution in [1.82, 2.24) is 10.2 Å². The summed E-state index contributed by atoms with van der Waals surface area (Å²) in [6, 6.07) is 0.342. The first-order valence-corrected chi connectivity index (χ1v) is 7.72. The number of rotatable bonds is 6. The molecule has 1 amide bonds. The molecule has 0 spiro atoms. The summed E-state index contributed by atoms with van der Waals surface area (Å²) in [4.78, 5) is 24.8. The van der Waals surface area contributed by atoms with Gasteiger partial charge in [0.25, 0.3) is 0 Å². The van der Waals surface area contributed by atoms with Crippen LogP contribution in [-0.2, 0) is 9.59 Å². The minimum Gasteiger partial charge on any atom is -0.481 e. The van der Waals surface area contributed by atoms with Gasteiger partial charge in [0.1, 0.15) is 0 Å². The van der Waals surface area contributed by atoms with Crippen LogP contribution in [0.4, 0.5) is 0 Å². The predicted octanol–water partition coefficient (Wildman–Crippen LogP) is 1.87. The largest absolute Gasteiger partial charge is 0.481 e. The molecule has 1 rings (SSSR count). The van der Waals surface area contributed by atoms with Gasteiger partial charge in [-0.25, -0.2) is 0 Å². The van der Waals surface area contributed by atoms with E-state index in [0.717, 1.165) is 12.8 Å². The zero-order valence-electron chi connectivity index (χ0n) is 12.7. The molecule has 0 aromatic heterocycles. The second-order valence-electron chi connectivity index (χ2n) is 5.84. The van der Waals surface area contributed by atoms with Crippen molar-refractivity contribution in [2.24, 2.45) is 5.92 Å². The maximum absolute atomic E-state index is 11.7. The van der Waals surface area contributed by atoms with Gasteiger partial charge in [0, 0.05) is 19.6 Å². The first kappa shape index (κ1) is 17.0. The summed E-state index contributed by atoms with van der Waals surface area (Å²) >= 11 is 0. The third kappa shape index (κ3) is 5.90. The smallest absolute Gasteiger partial charge is 0.307 e. The van der Waals surface area contributed by atoms with Gasteiger partial charge in [-0.15, -0.1) is 0 Å². The molecule has 0 saturated heterocycles. The predicted molar refractivity (Wildman–Crippen MR) is 78.5 cm³/mol. The summed E-state index contributed by atoms with van der Waals surface area (Å²) in [5, 5.41) is 11.7. The second-order valence-corrected chi connectivity index (χ2v) is 5.84. The fraction of sp³-hybridized carbons (Fsp3) is 0.867. The number of carboxylic acid groups (broad SMARTS) is 1. The molecule has 5 nitrogen and oxygen atoms in total. The molecule has 2 N–H and O–H groups in total. The fourth-order valence-electron chi connectivity index (χ4n) is 2.84. The zero-order chi connectivity index (χ0) is 15.0. The number of likely N-dealkylation sites (N-methyl/N-ethyl adjacent to an activating group) is 1. The van der Waals surface area contributed by atoms with Crippen molar-refractivity contribution in [3.05, 3.63) is 0 Å². The molecule has 1 aliphatic carbocycles. The molecular formula is C15H28N2O3. The monoisotopic (exact) mass is 284 g/mol. The molecular weight excluding hydrogens is 256 g/mol. The van der Waals surface area contributed by atoms with Gasteiger partial charge in [0.15, 0.2) is 0 Å². The first-order chi connectivity index (χ1) is 9.54. The fourth-order valence-corrected chi connectivity index (χ4v) is 2.84. The van der Waals surface area contributed by atoms with Crippen LogP contribution in [0.1, 0.15) is 51.9 Å². The molecule has 5 heteroatoms. The average molecular weight is 284 g/mol. The summed E-state index contributed by atoms with van der Waals surface area (Å²) in [6.45, 7) is 2.47. The van der Waals surface area contributed by atoms with Gasteiger partial charge in [0.2, 0.25) is 5.91 Å². The number of carbonyl (C=O) groups is 2. The van der Waals surface area contributed by atoms with Crippen LogP contribution in [-0.4, -0.2) is 48.1 Å². The minimum atomic E-state index is -0.794. The van der Waals surface area contributed by atoms with E-state index in [0.29, 0.717) is 19.1 Å². The van der Waals surface area contributed by atoms with Crippen LogP contribution < -0.4 is 5.32 Å². The highest BCUT2D eigenvalue weighted by Crippen LogP contribution is 2.22. The third-order valence-electron chi connectivity index (χ3n) is 4.15. The lowest BCUT2D eigenvalue weighted by molar-refractivity contribution is -0.142. The van der Waals surface area contributed by atoms with Crippen molar-refractivity contribution in [2.75, 3.05) is 20.1 Å². The number of amides is 1. The number of nitrogens with one attached hydrogen (secondary N) is 1. The van der Waals surface area contributed by atoms with E-state index in [-0.39, 0.29) is 5.91 Å². The maximum atomic E-state index is 11.7. The van der Waals surface area contributed by atoms with Gasteiger partial charge < -0.3 is 10.4 Å². The molecule has 0 radical (unpaired) electrons. The van der Waals surface area contributed by atoms with Crippen molar-refractivity contribution in [2.45, 2.75) is 57.9 Å². The molecule has 20 heavy (non-hydrogen) atoms. The van der Waals surface area contributed by atoms with Crippen molar-refractivity contribution in [3.8, 4) is 0 Å². The van der Waals surface area contributed by atoms with E-state index < -0.39 is 11.9 Å². The molecule has 1 saturated carbocycles.